The molecule has 3 rings (SSSR count). The van der Waals surface area contributed by atoms with Gasteiger partial charge < -0.3 is 4.98 Å². The van der Waals surface area contributed by atoms with E-state index >= 15 is 0 Å². The molecule has 1 N–H and O–H groups in total. The van der Waals surface area contributed by atoms with Crippen LogP contribution in [0.15, 0.2) is 67.9 Å². The van der Waals surface area contributed by atoms with Crippen LogP contribution in [0.4, 0.5) is 13.2 Å². The van der Waals surface area contributed by atoms with Crippen molar-refractivity contribution in [3.8, 4) is 0 Å². The summed E-state index contributed by atoms with van der Waals surface area (Å²) in [6.45, 7) is 7.94. The van der Waals surface area contributed by atoms with Crippen molar-refractivity contribution in [3.05, 3.63) is 84.6 Å². The summed E-state index contributed by atoms with van der Waals surface area (Å²) < 4.78 is 39.4. The van der Waals surface area contributed by atoms with Gasteiger partial charge in [0.15, 0.2) is 0 Å². The highest BCUT2D eigenvalue weighted by Crippen LogP contribution is 2.36. The SMILES string of the molecule is C=C(CCC(=C)c1ccccc1C(F)(F)F)c1ccc2[nH]ccc2c1. The van der Waals surface area contributed by atoms with Gasteiger partial charge in [0.25, 0.3) is 0 Å². The fraction of sp³-hybridized carbons (Fsp3) is 0.143. The molecule has 0 unspecified atom stereocenters. The van der Waals surface area contributed by atoms with Crippen LogP contribution in [-0.4, -0.2) is 4.98 Å². The van der Waals surface area contributed by atoms with Crippen molar-refractivity contribution in [1.29, 1.82) is 0 Å². The first-order valence-corrected chi connectivity index (χ1v) is 7.96. The summed E-state index contributed by atoms with van der Waals surface area (Å²) in [6, 6.07) is 13.5. The molecule has 0 amide bonds. The fourth-order valence-corrected chi connectivity index (χ4v) is 2.89. The third-order valence-electron chi connectivity index (χ3n) is 4.30. The molecular formula is C21H18F3N. The summed E-state index contributed by atoms with van der Waals surface area (Å²) in [7, 11) is 0. The third-order valence-corrected chi connectivity index (χ3v) is 4.30. The van der Waals surface area contributed by atoms with Crippen molar-refractivity contribution in [3.63, 3.8) is 0 Å². The van der Waals surface area contributed by atoms with Crippen LogP contribution in [0.1, 0.15) is 29.5 Å². The van der Waals surface area contributed by atoms with Gasteiger partial charge in [-0.1, -0.05) is 37.4 Å². The molecule has 4 heteroatoms. The van der Waals surface area contributed by atoms with Gasteiger partial charge in [0.1, 0.15) is 0 Å². The number of aromatic amines is 1. The van der Waals surface area contributed by atoms with E-state index in [0.29, 0.717) is 18.4 Å². The Morgan fingerprint density at radius 2 is 1.64 bits per heavy atom. The average molecular weight is 341 g/mol. The molecule has 1 aromatic heterocycles. The Bertz CT molecular complexity index is 931. The van der Waals surface area contributed by atoms with Crippen LogP contribution < -0.4 is 0 Å². The molecule has 0 aliphatic rings. The van der Waals surface area contributed by atoms with E-state index in [2.05, 4.69) is 18.1 Å². The molecule has 1 heterocycles. The molecule has 2 aromatic carbocycles. The highest BCUT2D eigenvalue weighted by molar-refractivity contribution is 5.84. The summed E-state index contributed by atoms with van der Waals surface area (Å²) in [4.78, 5) is 3.13. The molecule has 0 fully saturated rings. The quantitative estimate of drug-likeness (QED) is 0.532. The standard InChI is InChI=1S/C21H18F3N/c1-14(16-9-10-20-17(13-16)11-12-25-20)7-8-15(2)18-5-3-4-6-19(18)21(22,23)24/h3-6,9-13,25H,1-2,7-8H2. The van der Waals surface area contributed by atoms with Crippen LogP contribution in [0.25, 0.3) is 22.0 Å². The smallest absolute Gasteiger partial charge is 0.361 e. The van der Waals surface area contributed by atoms with Crippen molar-refractivity contribution in [1.82, 2.24) is 4.98 Å². The lowest BCUT2D eigenvalue weighted by atomic mass is 9.93. The first-order chi connectivity index (χ1) is 11.9. The zero-order chi connectivity index (χ0) is 18.0. The summed E-state index contributed by atoms with van der Waals surface area (Å²) in [5.74, 6) is 0. The lowest BCUT2D eigenvalue weighted by Crippen LogP contribution is -2.08. The summed E-state index contributed by atoms with van der Waals surface area (Å²) >= 11 is 0. The molecule has 0 bridgehead atoms. The zero-order valence-corrected chi connectivity index (χ0v) is 13.7. The highest BCUT2D eigenvalue weighted by atomic mass is 19.4. The monoisotopic (exact) mass is 341 g/mol. The maximum Gasteiger partial charge on any atom is 0.416 e. The van der Waals surface area contributed by atoms with Gasteiger partial charge >= 0.3 is 6.18 Å². The number of alkyl halides is 3. The van der Waals surface area contributed by atoms with Crippen LogP contribution in [0, 0.1) is 0 Å². The van der Waals surface area contributed by atoms with Gasteiger partial charge in [0.2, 0.25) is 0 Å². The van der Waals surface area contributed by atoms with Crippen LogP contribution in [0.2, 0.25) is 0 Å². The first kappa shape index (κ1) is 17.1. The molecule has 0 aliphatic heterocycles. The number of halogens is 3. The van der Waals surface area contributed by atoms with Gasteiger partial charge in [-0.15, -0.1) is 0 Å². The maximum absolute atomic E-state index is 13.1. The van der Waals surface area contributed by atoms with E-state index in [-0.39, 0.29) is 5.56 Å². The van der Waals surface area contributed by atoms with Gasteiger partial charge in [-0.3, -0.25) is 0 Å². The van der Waals surface area contributed by atoms with E-state index in [9.17, 15) is 13.2 Å². The van der Waals surface area contributed by atoms with Crippen LogP contribution >= 0.6 is 0 Å². The molecule has 1 nitrogen and oxygen atoms in total. The Balaban J connectivity index is 1.73. The van der Waals surface area contributed by atoms with E-state index in [1.54, 1.807) is 6.07 Å². The number of benzene rings is 2. The summed E-state index contributed by atoms with van der Waals surface area (Å²) in [5.41, 5.74) is 2.90. The maximum atomic E-state index is 13.1. The van der Waals surface area contributed by atoms with Gasteiger partial charge in [0, 0.05) is 11.7 Å². The predicted octanol–water partition coefficient (Wildman–Crippen LogP) is 6.69. The molecule has 0 saturated heterocycles. The first-order valence-electron chi connectivity index (χ1n) is 7.96. The third kappa shape index (κ3) is 3.68. The molecule has 0 saturated carbocycles. The molecule has 0 atom stereocenters. The molecule has 25 heavy (non-hydrogen) atoms. The zero-order valence-electron chi connectivity index (χ0n) is 13.7. The minimum Gasteiger partial charge on any atom is -0.361 e. The van der Waals surface area contributed by atoms with Crippen molar-refractivity contribution in [2.45, 2.75) is 19.0 Å². The van der Waals surface area contributed by atoms with Crippen LogP contribution in [0.3, 0.4) is 0 Å². The lowest BCUT2D eigenvalue weighted by molar-refractivity contribution is -0.137. The number of fused-ring (bicyclic) bond motifs is 1. The van der Waals surface area contributed by atoms with E-state index in [1.165, 1.54) is 12.1 Å². The Morgan fingerprint density at radius 3 is 2.40 bits per heavy atom. The van der Waals surface area contributed by atoms with E-state index in [4.69, 9.17) is 0 Å². The fourth-order valence-electron chi connectivity index (χ4n) is 2.89. The Morgan fingerprint density at radius 1 is 0.920 bits per heavy atom. The van der Waals surface area contributed by atoms with Crippen LogP contribution in [-0.2, 0) is 6.18 Å². The second-order valence-electron chi connectivity index (χ2n) is 6.03. The van der Waals surface area contributed by atoms with Crippen molar-refractivity contribution in [2.75, 3.05) is 0 Å². The van der Waals surface area contributed by atoms with Gasteiger partial charge in [-0.05, 0) is 64.8 Å². The van der Waals surface area contributed by atoms with Crippen LogP contribution in [0.5, 0.6) is 0 Å². The summed E-state index contributed by atoms with van der Waals surface area (Å²) in [6.07, 6.45) is -1.53. The van der Waals surface area contributed by atoms with Crippen molar-refractivity contribution < 1.29 is 13.2 Å². The molecular weight excluding hydrogens is 323 g/mol. The number of hydrogen-bond donors (Lipinski definition) is 1. The van der Waals surface area contributed by atoms with E-state index in [1.807, 2.05) is 30.5 Å². The number of rotatable bonds is 5. The largest absolute Gasteiger partial charge is 0.416 e. The average Bonchev–Trinajstić information content (AvgIpc) is 3.06. The van der Waals surface area contributed by atoms with Gasteiger partial charge in [-0.2, -0.15) is 13.2 Å². The molecule has 0 aliphatic carbocycles. The predicted molar refractivity (Wildman–Crippen MR) is 97.0 cm³/mol. The molecule has 0 radical (unpaired) electrons. The van der Waals surface area contributed by atoms with Gasteiger partial charge in [-0.25, -0.2) is 0 Å². The van der Waals surface area contributed by atoms with E-state index in [0.717, 1.165) is 28.1 Å². The Labute approximate surface area is 144 Å². The summed E-state index contributed by atoms with van der Waals surface area (Å²) in [5, 5.41) is 1.08. The molecule has 3 aromatic rings. The number of hydrogen-bond acceptors (Lipinski definition) is 0. The van der Waals surface area contributed by atoms with Crippen molar-refractivity contribution >= 4 is 22.0 Å². The number of aromatic nitrogens is 1. The normalized spacial score (nSPS) is 11.6. The second-order valence-corrected chi connectivity index (χ2v) is 6.03. The lowest BCUT2D eigenvalue weighted by Gasteiger charge is -2.15. The number of allylic oxidation sites excluding steroid dienone is 2. The topological polar surface area (TPSA) is 15.8 Å². The highest BCUT2D eigenvalue weighted by Gasteiger charge is 2.33. The Kier molecular flexibility index (Phi) is 4.53. The van der Waals surface area contributed by atoms with Crippen molar-refractivity contribution in [2.24, 2.45) is 0 Å². The second kappa shape index (κ2) is 6.63. The molecule has 0 spiro atoms. The van der Waals surface area contributed by atoms with Gasteiger partial charge in [0.05, 0.1) is 5.56 Å². The number of nitrogens with one attached hydrogen (secondary N) is 1. The molecule has 128 valence electrons. The Hall–Kier alpha value is -2.75. The minimum atomic E-state index is -4.38. The number of H-pyrrole nitrogens is 1. The van der Waals surface area contributed by atoms with E-state index < -0.39 is 11.7 Å². The minimum absolute atomic E-state index is 0.156.